The van der Waals surface area contributed by atoms with Gasteiger partial charge in [-0.05, 0) is 12.8 Å². The van der Waals surface area contributed by atoms with Crippen molar-refractivity contribution in [2.75, 3.05) is 13.1 Å². The number of β-amino-alcohol motifs (C(OH)–C–C–N with tert-alkyl or cyclic N) is 1. The minimum atomic E-state index is -0.503. The molecule has 0 aromatic carbocycles. The quantitative estimate of drug-likeness (QED) is 0.809. The predicted octanol–water partition coefficient (Wildman–Crippen LogP) is 0.501. The van der Waals surface area contributed by atoms with Crippen molar-refractivity contribution in [3.63, 3.8) is 0 Å². The van der Waals surface area contributed by atoms with Gasteiger partial charge in [0.05, 0.1) is 12.1 Å². The van der Waals surface area contributed by atoms with Crippen molar-refractivity contribution in [2.45, 2.75) is 39.5 Å². The van der Waals surface area contributed by atoms with E-state index in [0.717, 1.165) is 32.0 Å². The first-order chi connectivity index (χ1) is 7.55. The molecule has 1 aromatic rings. The Kier molecular flexibility index (Phi) is 2.99. The van der Waals surface area contributed by atoms with E-state index in [1.165, 1.54) is 0 Å². The first-order valence-corrected chi connectivity index (χ1v) is 5.86. The summed E-state index contributed by atoms with van der Waals surface area (Å²) in [6.07, 6.45) is 1.59. The number of aliphatic hydroxyl groups is 1. The second kappa shape index (κ2) is 4.14. The Morgan fingerprint density at radius 1 is 1.50 bits per heavy atom. The smallest absolute Gasteiger partial charge is 0.140 e. The fraction of sp³-hybridized carbons (Fsp3) is 0.818. The van der Waals surface area contributed by atoms with Gasteiger partial charge in [-0.3, -0.25) is 4.90 Å². The summed E-state index contributed by atoms with van der Waals surface area (Å²) in [7, 11) is 0. The largest absolute Gasteiger partial charge is 0.387 e. The number of hydrogen-bond acceptors (Lipinski definition) is 4. The molecular weight excluding hydrogens is 204 g/mol. The van der Waals surface area contributed by atoms with Crippen LogP contribution >= 0.6 is 0 Å². The molecule has 1 N–H and O–H groups in total. The third-order valence-corrected chi connectivity index (χ3v) is 3.43. The van der Waals surface area contributed by atoms with Crippen LogP contribution in [-0.2, 0) is 13.1 Å². The lowest BCUT2D eigenvalue weighted by atomic mass is 9.83. The fourth-order valence-electron chi connectivity index (χ4n) is 2.08. The zero-order chi connectivity index (χ0) is 11.8. The first kappa shape index (κ1) is 11.5. The number of aromatic nitrogens is 3. The number of hydrogen-bond donors (Lipinski definition) is 1. The highest BCUT2D eigenvalue weighted by Crippen LogP contribution is 2.29. The molecule has 1 fully saturated rings. The van der Waals surface area contributed by atoms with E-state index in [1.807, 2.05) is 4.68 Å². The SMILES string of the molecule is CCn1ncnc1CN1CC(O)(C(C)C)C1. The molecule has 1 saturated heterocycles. The summed E-state index contributed by atoms with van der Waals surface area (Å²) in [5, 5.41) is 14.3. The van der Waals surface area contributed by atoms with E-state index in [4.69, 9.17) is 0 Å². The highest BCUT2D eigenvalue weighted by molar-refractivity contribution is 4.99. The van der Waals surface area contributed by atoms with Crippen molar-refractivity contribution in [1.82, 2.24) is 19.7 Å². The molecular formula is C11H20N4O. The van der Waals surface area contributed by atoms with Crippen LogP contribution in [-0.4, -0.2) is 43.5 Å². The second-order valence-electron chi connectivity index (χ2n) is 4.90. The van der Waals surface area contributed by atoms with Crippen LogP contribution in [0.25, 0.3) is 0 Å². The van der Waals surface area contributed by atoms with Crippen LogP contribution in [0.1, 0.15) is 26.6 Å². The third-order valence-electron chi connectivity index (χ3n) is 3.43. The number of likely N-dealkylation sites (tertiary alicyclic amines) is 1. The number of aryl methyl sites for hydroxylation is 1. The van der Waals surface area contributed by atoms with Crippen LogP contribution in [0, 0.1) is 5.92 Å². The summed E-state index contributed by atoms with van der Waals surface area (Å²) < 4.78 is 1.90. The van der Waals surface area contributed by atoms with E-state index in [-0.39, 0.29) is 0 Å². The lowest BCUT2D eigenvalue weighted by Gasteiger charge is -2.48. The van der Waals surface area contributed by atoms with Crippen LogP contribution in [0.4, 0.5) is 0 Å². The summed E-state index contributed by atoms with van der Waals surface area (Å²) >= 11 is 0. The summed E-state index contributed by atoms with van der Waals surface area (Å²) in [6, 6.07) is 0. The Labute approximate surface area is 96.1 Å². The van der Waals surface area contributed by atoms with E-state index in [2.05, 4.69) is 35.8 Å². The van der Waals surface area contributed by atoms with Gasteiger partial charge in [0.25, 0.3) is 0 Å². The van der Waals surface area contributed by atoms with Gasteiger partial charge >= 0.3 is 0 Å². The van der Waals surface area contributed by atoms with E-state index < -0.39 is 5.60 Å². The first-order valence-electron chi connectivity index (χ1n) is 5.86. The van der Waals surface area contributed by atoms with Crippen molar-refractivity contribution in [3.8, 4) is 0 Å². The molecule has 0 bridgehead atoms. The second-order valence-corrected chi connectivity index (χ2v) is 4.90. The van der Waals surface area contributed by atoms with Gasteiger partial charge in [-0.25, -0.2) is 9.67 Å². The zero-order valence-electron chi connectivity index (χ0n) is 10.2. The summed E-state index contributed by atoms with van der Waals surface area (Å²) in [4.78, 5) is 6.43. The minimum absolute atomic E-state index is 0.313. The molecule has 2 heterocycles. The monoisotopic (exact) mass is 224 g/mol. The Morgan fingerprint density at radius 2 is 2.19 bits per heavy atom. The molecule has 1 aliphatic heterocycles. The molecule has 16 heavy (non-hydrogen) atoms. The molecule has 0 unspecified atom stereocenters. The van der Waals surface area contributed by atoms with Gasteiger partial charge in [0.2, 0.25) is 0 Å². The maximum Gasteiger partial charge on any atom is 0.140 e. The normalized spacial score (nSPS) is 20.1. The van der Waals surface area contributed by atoms with Gasteiger partial charge in [0, 0.05) is 19.6 Å². The topological polar surface area (TPSA) is 54.2 Å². The van der Waals surface area contributed by atoms with Crippen LogP contribution in [0.15, 0.2) is 6.33 Å². The summed E-state index contributed by atoms with van der Waals surface area (Å²) in [5.74, 6) is 1.29. The summed E-state index contributed by atoms with van der Waals surface area (Å²) in [6.45, 7) is 9.28. The lowest BCUT2D eigenvalue weighted by molar-refractivity contribution is -0.131. The van der Waals surface area contributed by atoms with Crippen molar-refractivity contribution in [3.05, 3.63) is 12.2 Å². The van der Waals surface area contributed by atoms with Gasteiger partial charge in [-0.1, -0.05) is 13.8 Å². The average Bonchev–Trinajstić information content (AvgIpc) is 2.62. The van der Waals surface area contributed by atoms with Gasteiger partial charge in [0.15, 0.2) is 0 Å². The minimum Gasteiger partial charge on any atom is -0.387 e. The maximum absolute atomic E-state index is 10.1. The highest BCUT2D eigenvalue weighted by atomic mass is 16.3. The van der Waals surface area contributed by atoms with Gasteiger partial charge in [-0.15, -0.1) is 0 Å². The fourth-order valence-corrected chi connectivity index (χ4v) is 2.08. The molecule has 0 radical (unpaired) electrons. The molecule has 0 saturated carbocycles. The van der Waals surface area contributed by atoms with Crippen LogP contribution in [0.2, 0.25) is 0 Å². The third kappa shape index (κ3) is 1.97. The molecule has 1 aromatic heterocycles. The number of rotatable bonds is 4. The van der Waals surface area contributed by atoms with Crippen molar-refractivity contribution < 1.29 is 5.11 Å². The van der Waals surface area contributed by atoms with E-state index in [0.29, 0.717) is 5.92 Å². The molecule has 5 nitrogen and oxygen atoms in total. The molecule has 2 rings (SSSR count). The van der Waals surface area contributed by atoms with Crippen molar-refractivity contribution in [1.29, 1.82) is 0 Å². The Morgan fingerprint density at radius 3 is 2.75 bits per heavy atom. The molecule has 0 amide bonds. The van der Waals surface area contributed by atoms with Crippen LogP contribution in [0.5, 0.6) is 0 Å². The van der Waals surface area contributed by atoms with Crippen molar-refractivity contribution in [2.24, 2.45) is 5.92 Å². The molecule has 0 spiro atoms. The standard InChI is InChI=1S/C11H20N4O/c1-4-15-10(12-8-13-15)5-14-6-11(16,7-14)9(2)3/h8-9,16H,4-7H2,1-3H3. The average molecular weight is 224 g/mol. The van der Waals surface area contributed by atoms with Gasteiger partial charge in [-0.2, -0.15) is 5.10 Å². The molecule has 5 heteroatoms. The van der Waals surface area contributed by atoms with Crippen LogP contribution in [0.3, 0.4) is 0 Å². The van der Waals surface area contributed by atoms with Crippen LogP contribution < -0.4 is 0 Å². The number of nitrogens with zero attached hydrogens (tertiary/aromatic N) is 4. The molecule has 1 aliphatic rings. The lowest BCUT2D eigenvalue weighted by Crippen LogP contribution is -2.64. The molecule has 0 atom stereocenters. The Balaban J connectivity index is 1.90. The van der Waals surface area contributed by atoms with Gasteiger partial charge < -0.3 is 5.11 Å². The zero-order valence-corrected chi connectivity index (χ0v) is 10.2. The maximum atomic E-state index is 10.1. The summed E-state index contributed by atoms with van der Waals surface area (Å²) in [5.41, 5.74) is -0.503. The van der Waals surface area contributed by atoms with Crippen molar-refractivity contribution >= 4 is 0 Å². The van der Waals surface area contributed by atoms with E-state index in [9.17, 15) is 5.11 Å². The Hall–Kier alpha value is -0.940. The van der Waals surface area contributed by atoms with E-state index in [1.54, 1.807) is 6.33 Å². The Bertz CT molecular complexity index is 355. The highest BCUT2D eigenvalue weighted by Gasteiger charge is 2.43. The van der Waals surface area contributed by atoms with E-state index >= 15 is 0 Å². The molecule has 90 valence electrons. The molecule has 0 aliphatic carbocycles. The van der Waals surface area contributed by atoms with Gasteiger partial charge in [0.1, 0.15) is 12.2 Å². The predicted molar refractivity (Wildman–Crippen MR) is 60.8 cm³/mol.